The molecule has 0 atom stereocenters. The summed E-state index contributed by atoms with van der Waals surface area (Å²) in [6.45, 7) is 2.57. The molecule has 1 N–H and O–H groups in total. The topological polar surface area (TPSA) is 59.9 Å². The van der Waals surface area contributed by atoms with Gasteiger partial charge in [-0.15, -0.1) is 0 Å². The fourth-order valence-corrected chi connectivity index (χ4v) is 4.32. The van der Waals surface area contributed by atoms with Crippen molar-refractivity contribution in [2.24, 2.45) is 4.99 Å². The van der Waals surface area contributed by atoms with Crippen molar-refractivity contribution in [2.75, 3.05) is 6.61 Å². The standard InChI is InChI=1S/C25H19Cl2FN2O3S/c1-2-32-21-12-16(11-20(27)23(21)33-14-15-3-5-17(26)6-4-15)13-22-24(31)30-25(34-22)29-19-9-7-18(28)8-10-19/h3-13H,2,14H2,1H3,(H,29,30,31)/b22-13-. The van der Waals surface area contributed by atoms with Gasteiger partial charge in [0, 0.05) is 5.02 Å². The maximum Gasteiger partial charge on any atom is 0.264 e. The quantitative estimate of drug-likeness (QED) is 0.343. The number of amidine groups is 1. The van der Waals surface area contributed by atoms with Crippen molar-refractivity contribution < 1.29 is 18.7 Å². The number of nitrogens with zero attached hydrogens (tertiary/aromatic N) is 1. The molecular formula is C25H19Cl2FN2O3S. The number of nitrogens with one attached hydrogen (secondary N) is 1. The van der Waals surface area contributed by atoms with Crippen molar-refractivity contribution >= 4 is 57.8 Å². The van der Waals surface area contributed by atoms with Crippen LogP contribution >= 0.6 is 35.0 Å². The lowest BCUT2D eigenvalue weighted by atomic mass is 10.1. The van der Waals surface area contributed by atoms with Crippen LogP contribution in [0, 0.1) is 5.82 Å². The average Bonchev–Trinajstić information content (AvgIpc) is 3.14. The second-order valence-electron chi connectivity index (χ2n) is 7.14. The van der Waals surface area contributed by atoms with Gasteiger partial charge in [-0.05, 0) is 84.4 Å². The Balaban J connectivity index is 1.54. The van der Waals surface area contributed by atoms with Gasteiger partial charge in [0.05, 0.1) is 22.2 Å². The maximum absolute atomic E-state index is 13.1. The van der Waals surface area contributed by atoms with E-state index in [0.29, 0.717) is 56.1 Å². The van der Waals surface area contributed by atoms with E-state index in [-0.39, 0.29) is 11.7 Å². The summed E-state index contributed by atoms with van der Waals surface area (Å²) in [5, 5.41) is 4.12. The summed E-state index contributed by atoms with van der Waals surface area (Å²) in [5.41, 5.74) is 2.14. The number of thioether (sulfide) groups is 1. The van der Waals surface area contributed by atoms with Gasteiger partial charge in [0.15, 0.2) is 16.7 Å². The van der Waals surface area contributed by atoms with E-state index in [1.54, 1.807) is 30.3 Å². The monoisotopic (exact) mass is 516 g/mol. The molecule has 5 nitrogen and oxygen atoms in total. The highest BCUT2D eigenvalue weighted by Gasteiger charge is 2.24. The van der Waals surface area contributed by atoms with Crippen LogP contribution in [0.3, 0.4) is 0 Å². The molecule has 0 saturated carbocycles. The van der Waals surface area contributed by atoms with Crippen molar-refractivity contribution in [3.05, 3.63) is 92.6 Å². The average molecular weight is 517 g/mol. The lowest BCUT2D eigenvalue weighted by molar-refractivity contribution is -0.115. The van der Waals surface area contributed by atoms with Gasteiger partial charge < -0.3 is 14.8 Å². The molecule has 1 aliphatic heterocycles. The molecule has 1 saturated heterocycles. The third kappa shape index (κ3) is 6.11. The Bertz CT molecular complexity index is 1260. The number of hydrogen-bond donors (Lipinski definition) is 1. The first kappa shape index (κ1) is 24.1. The second-order valence-corrected chi connectivity index (χ2v) is 9.01. The molecule has 0 aromatic heterocycles. The van der Waals surface area contributed by atoms with Crippen LogP contribution in [0.25, 0.3) is 6.08 Å². The van der Waals surface area contributed by atoms with Crippen LogP contribution in [0.2, 0.25) is 10.0 Å². The van der Waals surface area contributed by atoms with Crippen molar-refractivity contribution in [1.82, 2.24) is 5.32 Å². The molecule has 1 fully saturated rings. The summed E-state index contributed by atoms with van der Waals surface area (Å²) < 4.78 is 24.8. The number of carbonyl (C=O) groups excluding carboxylic acids is 1. The molecule has 0 spiro atoms. The van der Waals surface area contributed by atoms with E-state index >= 15 is 0 Å². The third-order valence-corrected chi connectivity index (χ3v) is 6.08. The first-order valence-corrected chi connectivity index (χ1v) is 11.9. The van der Waals surface area contributed by atoms with Crippen LogP contribution in [-0.4, -0.2) is 17.7 Å². The number of hydrogen-bond acceptors (Lipinski definition) is 5. The molecule has 1 amide bonds. The molecule has 0 unspecified atom stereocenters. The summed E-state index contributed by atoms with van der Waals surface area (Å²) in [5.74, 6) is 0.250. The highest BCUT2D eigenvalue weighted by atomic mass is 35.5. The minimum absolute atomic E-state index is 0.289. The van der Waals surface area contributed by atoms with Crippen LogP contribution in [-0.2, 0) is 11.4 Å². The molecule has 4 rings (SSSR count). The van der Waals surface area contributed by atoms with Gasteiger partial charge in [-0.25, -0.2) is 9.38 Å². The minimum atomic E-state index is -0.352. The first-order valence-electron chi connectivity index (χ1n) is 10.3. The summed E-state index contributed by atoms with van der Waals surface area (Å²) in [4.78, 5) is 17.2. The molecule has 9 heteroatoms. The predicted molar refractivity (Wildman–Crippen MR) is 136 cm³/mol. The lowest BCUT2D eigenvalue weighted by Crippen LogP contribution is -2.19. The zero-order chi connectivity index (χ0) is 24.1. The number of carbonyl (C=O) groups is 1. The Labute approximate surface area is 210 Å². The van der Waals surface area contributed by atoms with Crippen molar-refractivity contribution in [1.29, 1.82) is 0 Å². The van der Waals surface area contributed by atoms with Crippen molar-refractivity contribution in [3.63, 3.8) is 0 Å². The Morgan fingerprint density at radius 3 is 2.50 bits per heavy atom. The van der Waals surface area contributed by atoms with Gasteiger partial charge in [-0.3, -0.25) is 4.79 Å². The molecule has 1 aliphatic rings. The van der Waals surface area contributed by atoms with Gasteiger partial charge >= 0.3 is 0 Å². The van der Waals surface area contributed by atoms with E-state index in [1.165, 1.54) is 36.0 Å². The van der Waals surface area contributed by atoms with Crippen LogP contribution in [0.15, 0.2) is 70.6 Å². The number of ether oxygens (including phenoxy) is 2. The molecule has 174 valence electrons. The van der Waals surface area contributed by atoms with Crippen LogP contribution in [0.4, 0.5) is 10.1 Å². The number of rotatable bonds is 7. The molecule has 0 aliphatic carbocycles. The number of benzene rings is 3. The van der Waals surface area contributed by atoms with E-state index in [0.717, 1.165) is 5.56 Å². The number of halogens is 3. The Morgan fingerprint density at radius 2 is 1.79 bits per heavy atom. The van der Waals surface area contributed by atoms with Crippen molar-refractivity contribution in [2.45, 2.75) is 13.5 Å². The molecule has 0 bridgehead atoms. The Morgan fingerprint density at radius 1 is 1.06 bits per heavy atom. The van der Waals surface area contributed by atoms with Gasteiger partial charge in [0.2, 0.25) is 0 Å². The van der Waals surface area contributed by atoms with Crippen molar-refractivity contribution in [3.8, 4) is 11.5 Å². The number of aliphatic imine (C=N–C) groups is 1. The fraction of sp³-hybridized carbons (Fsp3) is 0.120. The second kappa shape index (κ2) is 11.0. The molecule has 34 heavy (non-hydrogen) atoms. The van der Waals surface area contributed by atoms with E-state index in [2.05, 4.69) is 10.3 Å². The number of amides is 1. The molecule has 0 radical (unpaired) electrons. The van der Waals surface area contributed by atoms with Crippen LogP contribution in [0.1, 0.15) is 18.1 Å². The molecule has 3 aromatic carbocycles. The zero-order valence-electron chi connectivity index (χ0n) is 18.0. The first-order chi connectivity index (χ1) is 16.4. The van der Waals surface area contributed by atoms with E-state index in [4.69, 9.17) is 32.7 Å². The van der Waals surface area contributed by atoms with Gasteiger partial charge in [0.1, 0.15) is 12.4 Å². The summed E-state index contributed by atoms with van der Waals surface area (Å²) in [7, 11) is 0. The molecule has 1 heterocycles. The lowest BCUT2D eigenvalue weighted by Gasteiger charge is -2.15. The van der Waals surface area contributed by atoms with E-state index < -0.39 is 0 Å². The van der Waals surface area contributed by atoms with Crippen LogP contribution < -0.4 is 14.8 Å². The fourth-order valence-electron chi connectivity index (χ4n) is 3.08. The third-order valence-electron chi connectivity index (χ3n) is 4.63. The van der Waals surface area contributed by atoms with E-state index in [1.807, 2.05) is 19.1 Å². The van der Waals surface area contributed by atoms with E-state index in [9.17, 15) is 9.18 Å². The Kier molecular flexibility index (Phi) is 7.77. The van der Waals surface area contributed by atoms with Gasteiger partial charge in [-0.2, -0.15) is 0 Å². The molecular weight excluding hydrogens is 498 g/mol. The summed E-state index contributed by atoms with van der Waals surface area (Å²) in [6, 6.07) is 16.5. The SMILES string of the molecule is CCOc1cc(/C=C2\SC(=Nc3ccc(F)cc3)NC2=O)cc(Cl)c1OCc1ccc(Cl)cc1. The highest BCUT2D eigenvalue weighted by Crippen LogP contribution is 2.39. The molecule has 3 aromatic rings. The maximum atomic E-state index is 13.1. The normalized spacial score (nSPS) is 15.6. The predicted octanol–water partition coefficient (Wildman–Crippen LogP) is 7.00. The zero-order valence-corrected chi connectivity index (χ0v) is 20.3. The van der Waals surface area contributed by atoms with Gasteiger partial charge in [-0.1, -0.05) is 35.3 Å². The largest absolute Gasteiger partial charge is 0.490 e. The van der Waals surface area contributed by atoms with Crippen LogP contribution in [0.5, 0.6) is 11.5 Å². The Hall–Kier alpha value is -3.00. The minimum Gasteiger partial charge on any atom is -0.490 e. The van der Waals surface area contributed by atoms with Gasteiger partial charge in [0.25, 0.3) is 5.91 Å². The smallest absolute Gasteiger partial charge is 0.264 e. The summed E-state index contributed by atoms with van der Waals surface area (Å²) in [6.07, 6.45) is 1.70. The summed E-state index contributed by atoms with van der Waals surface area (Å²) >= 11 is 13.6. The highest BCUT2D eigenvalue weighted by molar-refractivity contribution is 8.18.